The topological polar surface area (TPSA) is 70.5 Å². The monoisotopic (exact) mass is 518 g/mol. The van der Waals surface area contributed by atoms with Crippen LogP contribution >= 0.6 is 27.3 Å². The van der Waals surface area contributed by atoms with Crippen LogP contribution in [0.25, 0.3) is 16.0 Å². The normalized spacial score (nSPS) is 17.8. The molecule has 1 fully saturated rings. The van der Waals surface area contributed by atoms with E-state index in [4.69, 9.17) is 4.98 Å². The molecule has 5 rings (SSSR count). The minimum atomic E-state index is -0.801. The second-order valence-corrected chi connectivity index (χ2v) is 9.94. The smallest absolute Gasteiger partial charge is 0.301 e. The number of aliphatic hydroxyl groups is 1. The van der Waals surface area contributed by atoms with E-state index in [1.807, 2.05) is 56.3 Å². The fraction of sp³-hybridized carbons (Fsp3) is 0.115. The molecule has 0 bridgehead atoms. The molecule has 0 aliphatic carbocycles. The average molecular weight is 519 g/mol. The predicted molar refractivity (Wildman–Crippen MR) is 134 cm³/mol. The lowest BCUT2D eigenvalue weighted by atomic mass is 9.95. The van der Waals surface area contributed by atoms with E-state index in [1.165, 1.54) is 16.2 Å². The molecule has 1 aliphatic rings. The summed E-state index contributed by atoms with van der Waals surface area (Å²) in [6.45, 7) is 3.99. The summed E-state index contributed by atoms with van der Waals surface area (Å²) >= 11 is 4.85. The van der Waals surface area contributed by atoms with Gasteiger partial charge >= 0.3 is 5.91 Å². The van der Waals surface area contributed by atoms with Crippen molar-refractivity contribution in [3.05, 3.63) is 99.0 Å². The predicted octanol–water partition coefficient (Wildman–Crippen LogP) is 6.30. The van der Waals surface area contributed by atoms with Gasteiger partial charge in [-0.25, -0.2) is 4.98 Å². The zero-order valence-electron chi connectivity index (χ0n) is 17.9. The lowest BCUT2D eigenvalue weighted by Gasteiger charge is -2.23. The Kier molecular flexibility index (Phi) is 5.38. The molecule has 0 radical (unpaired) electrons. The Morgan fingerprint density at radius 3 is 2.52 bits per heavy atom. The number of thiazole rings is 1. The Balaban J connectivity index is 1.76. The first-order valence-electron chi connectivity index (χ1n) is 10.3. The SMILES string of the molecule is Cc1cc(C)c2nc(N3C(=O)C(=O)C(=C(O)c4ccccc4)[C@@H]3c3cccc(Br)c3)sc2c1. The second-order valence-electron chi connectivity index (χ2n) is 8.02. The summed E-state index contributed by atoms with van der Waals surface area (Å²) in [6, 6.07) is 19.5. The van der Waals surface area contributed by atoms with Gasteiger partial charge in [-0.3, -0.25) is 14.5 Å². The number of carbonyl (C=O) groups is 2. The molecule has 7 heteroatoms. The zero-order valence-corrected chi connectivity index (χ0v) is 20.3. The fourth-order valence-electron chi connectivity index (χ4n) is 4.24. The minimum absolute atomic E-state index is 0.0523. The van der Waals surface area contributed by atoms with E-state index >= 15 is 0 Å². The van der Waals surface area contributed by atoms with Gasteiger partial charge < -0.3 is 5.11 Å². The number of benzene rings is 3. The molecular weight excluding hydrogens is 500 g/mol. The van der Waals surface area contributed by atoms with E-state index in [0.717, 1.165) is 25.8 Å². The van der Waals surface area contributed by atoms with Gasteiger partial charge in [0.1, 0.15) is 5.76 Å². The molecule has 1 atom stereocenters. The third kappa shape index (κ3) is 3.67. The molecule has 1 amide bonds. The number of rotatable bonds is 3. The van der Waals surface area contributed by atoms with Gasteiger partial charge in [0.15, 0.2) is 5.13 Å². The highest BCUT2D eigenvalue weighted by Crippen LogP contribution is 2.45. The molecule has 164 valence electrons. The number of carbonyl (C=O) groups excluding carboxylic acids is 2. The average Bonchev–Trinajstić information content (AvgIpc) is 3.33. The molecule has 1 N–H and O–H groups in total. The van der Waals surface area contributed by atoms with Crippen LogP contribution in [0.2, 0.25) is 0 Å². The Morgan fingerprint density at radius 2 is 1.79 bits per heavy atom. The summed E-state index contributed by atoms with van der Waals surface area (Å²) in [4.78, 5) is 32.8. The van der Waals surface area contributed by atoms with Crippen molar-refractivity contribution in [2.24, 2.45) is 0 Å². The molecule has 1 aromatic heterocycles. The third-order valence-electron chi connectivity index (χ3n) is 5.68. The summed E-state index contributed by atoms with van der Waals surface area (Å²) in [6.07, 6.45) is 0. The van der Waals surface area contributed by atoms with Gasteiger partial charge in [0.25, 0.3) is 5.78 Å². The van der Waals surface area contributed by atoms with Gasteiger partial charge in [-0.05, 0) is 48.7 Å². The van der Waals surface area contributed by atoms with E-state index in [0.29, 0.717) is 16.3 Å². The number of Topliss-reactive ketones (excluding diaryl/α,β-unsaturated/α-hetero) is 1. The molecule has 1 saturated heterocycles. The maximum Gasteiger partial charge on any atom is 0.301 e. The molecule has 0 unspecified atom stereocenters. The number of aliphatic hydroxyl groups excluding tert-OH is 1. The van der Waals surface area contributed by atoms with Crippen molar-refractivity contribution in [2.75, 3.05) is 4.90 Å². The molecular formula is C26H19BrN2O3S. The Hall–Kier alpha value is -3.29. The van der Waals surface area contributed by atoms with Crippen LogP contribution in [0.4, 0.5) is 5.13 Å². The number of hydrogen-bond donors (Lipinski definition) is 1. The number of aromatic nitrogens is 1. The summed E-state index contributed by atoms with van der Waals surface area (Å²) in [5.41, 5.74) is 4.15. The van der Waals surface area contributed by atoms with Gasteiger partial charge in [-0.1, -0.05) is 75.8 Å². The summed E-state index contributed by atoms with van der Waals surface area (Å²) in [5.74, 6) is -1.63. The molecule has 4 aromatic rings. The molecule has 5 nitrogen and oxygen atoms in total. The van der Waals surface area contributed by atoms with Crippen molar-refractivity contribution < 1.29 is 14.7 Å². The molecule has 3 aromatic carbocycles. The van der Waals surface area contributed by atoms with Crippen molar-refractivity contribution >= 4 is 60.1 Å². The highest BCUT2D eigenvalue weighted by atomic mass is 79.9. The largest absolute Gasteiger partial charge is 0.507 e. The first kappa shape index (κ1) is 21.6. The lowest BCUT2D eigenvalue weighted by Crippen LogP contribution is -2.29. The van der Waals surface area contributed by atoms with Crippen LogP contribution in [0.15, 0.2) is 76.8 Å². The van der Waals surface area contributed by atoms with Gasteiger partial charge in [0.2, 0.25) is 0 Å². The van der Waals surface area contributed by atoms with E-state index in [9.17, 15) is 14.7 Å². The van der Waals surface area contributed by atoms with Crippen molar-refractivity contribution in [3.8, 4) is 0 Å². The van der Waals surface area contributed by atoms with Crippen LogP contribution in [0.1, 0.15) is 28.3 Å². The van der Waals surface area contributed by atoms with E-state index in [1.54, 1.807) is 24.3 Å². The van der Waals surface area contributed by atoms with Crippen molar-refractivity contribution in [1.29, 1.82) is 0 Å². The zero-order chi connectivity index (χ0) is 23.3. The molecule has 0 spiro atoms. The van der Waals surface area contributed by atoms with Crippen molar-refractivity contribution in [2.45, 2.75) is 19.9 Å². The third-order valence-corrected chi connectivity index (χ3v) is 7.18. The maximum absolute atomic E-state index is 13.3. The summed E-state index contributed by atoms with van der Waals surface area (Å²) in [7, 11) is 0. The maximum atomic E-state index is 13.3. The highest BCUT2D eigenvalue weighted by molar-refractivity contribution is 9.10. The van der Waals surface area contributed by atoms with Crippen LogP contribution < -0.4 is 4.90 Å². The number of ketones is 1. The van der Waals surface area contributed by atoms with E-state index in [-0.39, 0.29) is 11.3 Å². The standard InChI is InChI=1S/C26H19BrN2O3S/c1-14-11-15(2)21-19(12-14)33-26(28-21)29-22(17-9-6-10-18(27)13-17)20(24(31)25(29)32)23(30)16-7-4-3-5-8-16/h3-13,22,30H,1-2H3/t22-/m0/s1. The quantitative estimate of drug-likeness (QED) is 0.196. The first-order valence-corrected chi connectivity index (χ1v) is 12.0. The van der Waals surface area contributed by atoms with Gasteiger partial charge in [0.05, 0.1) is 21.8 Å². The second kappa shape index (κ2) is 8.24. The number of hydrogen-bond acceptors (Lipinski definition) is 5. The number of anilines is 1. The van der Waals surface area contributed by atoms with Crippen LogP contribution in [-0.4, -0.2) is 21.8 Å². The first-order chi connectivity index (χ1) is 15.8. The minimum Gasteiger partial charge on any atom is -0.507 e. The fourth-order valence-corrected chi connectivity index (χ4v) is 5.82. The number of fused-ring (bicyclic) bond motifs is 1. The summed E-state index contributed by atoms with van der Waals surface area (Å²) < 4.78 is 1.75. The van der Waals surface area contributed by atoms with E-state index in [2.05, 4.69) is 15.9 Å². The van der Waals surface area contributed by atoms with E-state index < -0.39 is 17.7 Å². The van der Waals surface area contributed by atoms with Crippen LogP contribution in [0.3, 0.4) is 0 Å². The lowest BCUT2D eigenvalue weighted by molar-refractivity contribution is -0.132. The summed E-state index contributed by atoms with van der Waals surface area (Å²) in [5, 5.41) is 11.6. The Bertz CT molecular complexity index is 1460. The number of aryl methyl sites for hydroxylation is 2. The number of amides is 1. The Morgan fingerprint density at radius 1 is 1.03 bits per heavy atom. The van der Waals surface area contributed by atoms with Crippen molar-refractivity contribution in [3.63, 3.8) is 0 Å². The van der Waals surface area contributed by atoms with Gasteiger partial charge in [0, 0.05) is 10.0 Å². The van der Waals surface area contributed by atoms with Crippen LogP contribution in [0, 0.1) is 13.8 Å². The van der Waals surface area contributed by atoms with Gasteiger partial charge in [-0.2, -0.15) is 0 Å². The van der Waals surface area contributed by atoms with Crippen LogP contribution in [-0.2, 0) is 9.59 Å². The number of nitrogens with zero attached hydrogens (tertiary/aromatic N) is 2. The molecule has 0 saturated carbocycles. The molecule has 2 heterocycles. The Labute approximate surface area is 203 Å². The highest BCUT2D eigenvalue weighted by Gasteiger charge is 2.48. The number of halogens is 1. The van der Waals surface area contributed by atoms with Crippen LogP contribution in [0.5, 0.6) is 0 Å². The van der Waals surface area contributed by atoms with Crippen molar-refractivity contribution in [1.82, 2.24) is 4.98 Å². The molecule has 33 heavy (non-hydrogen) atoms. The molecule has 1 aliphatic heterocycles. The van der Waals surface area contributed by atoms with Gasteiger partial charge in [-0.15, -0.1) is 0 Å².